The highest BCUT2D eigenvalue weighted by atomic mass is 35.5. The molecule has 1 N–H and O–H groups in total. The Hall–Kier alpha value is -2.51. The third-order valence-corrected chi connectivity index (χ3v) is 6.08. The Kier molecular flexibility index (Phi) is 5.52. The van der Waals surface area contributed by atoms with Gasteiger partial charge in [0.25, 0.3) is 0 Å². The van der Waals surface area contributed by atoms with Gasteiger partial charge < -0.3 is 10.1 Å². The van der Waals surface area contributed by atoms with Gasteiger partial charge in [-0.15, -0.1) is 10.2 Å². The molecule has 0 spiro atoms. The summed E-state index contributed by atoms with van der Waals surface area (Å²) in [6.07, 6.45) is 3.62. The number of carbonyl (C=O) groups is 1. The van der Waals surface area contributed by atoms with Crippen molar-refractivity contribution in [2.24, 2.45) is 0 Å². The van der Waals surface area contributed by atoms with Gasteiger partial charge in [0.15, 0.2) is 11.0 Å². The molecule has 0 unspecified atom stereocenters. The molecule has 0 saturated heterocycles. The number of benzene rings is 2. The second-order valence-corrected chi connectivity index (χ2v) is 8.12. The zero-order valence-corrected chi connectivity index (χ0v) is 17.8. The van der Waals surface area contributed by atoms with Crippen molar-refractivity contribution in [1.29, 1.82) is 0 Å². The van der Waals surface area contributed by atoms with Crippen LogP contribution in [-0.2, 0) is 16.8 Å². The molecule has 6 nitrogen and oxygen atoms in total. The van der Waals surface area contributed by atoms with Crippen molar-refractivity contribution in [3.05, 3.63) is 64.9 Å². The SMILES string of the molecule is COc1ccc(-n2c(CNC(=O)C3(c4ccc(Cl)cc4)CC3)nnc2SC)cc1. The zero-order valence-electron chi connectivity index (χ0n) is 16.2. The number of hydrogen-bond acceptors (Lipinski definition) is 5. The number of methoxy groups -OCH3 is 1. The summed E-state index contributed by atoms with van der Waals surface area (Å²) in [7, 11) is 1.64. The van der Waals surface area contributed by atoms with Crippen molar-refractivity contribution < 1.29 is 9.53 Å². The number of amides is 1. The molecule has 0 bridgehead atoms. The summed E-state index contributed by atoms with van der Waals surface area (Å²) in [5, 5.41) is 13.0. The summed E-state index contributed by atoms with van der Waals surface area (Å²) < 4.78 is 7.19. The van der Waals surface area contributed by atoms with Gasteiger partial charge in [0.2, 0.25) is 5.91 Å². The molecule has 1 amide bonds. The first-order valence-electron chi connectivity index (χ1n) is 9.24. The fourth-order valence-corrected chi connectivity index (χ4v) is 4.05. The molecule has 1 fully saturated rings. The Morgan fingerprint density at radius 3 is 2.45 bits per heavy atom. The van der Waals surface area contributed by atoms with Crippen LogP contribution in [0.25, 0.3) is 5.69 Å². The summed E-state index contributed by atoms with van der Waals surface area (Å²) in [5.74, 6) is 1.47. The Labute approximate surface area is 178 Å². The molecule has 3 aromatic rings. The van der Waals surface area contributed by atoms with Gasteiger partial charge >= 0.3 is 0 Å². The first-order chi connectivity index (χ1) is 14.1. The number of nitrogens with one attached hydrogen (secondary N) is 1. The molecule has 0 radical (unpaired) electrons. The van der Waals surface area contributed by atoms with Crippen LogP contribution in [0.1, 0.15) is 24.2 Å². The van der Waals surface area contributed by atoms with Crippen LogP contribution in [0.3, 0.4) is 0 Å². The lowest BCUT2D eigenvalue weighted by Gasteiger charge is -2.16. The van der Waals surface area contributed by atoms with Gasteiger partial charge in [-0.2, -0.15) is 0 Å². The summed E-state index contributed by atoms with van der Waals surface area (Å²) in [6.45, 7) is 0.299. The van der Waals surface area contributed by atoms with Crippen LogP contribution in [0.15, 0.2) is 53.7 Å². The Bertz CT molecular complexity index is 1010. The average Bonchev–Trinajstić information content (AvgIpc) is 3.46. The van der Waals surface area contributed by atoms with Crippen LogP contribution in [0.2, 0.25) is 5.02 Å². The second kappa shape index (κ2) is 8.08. The lowest BCUT2D eigenvalue weighted by Crippen LogP contribution is -2.35. The number of nitrogens with zero attached hydrogens (tertiary/aromatic N) is 3. The molecule has 1 aliphatic rings. The Morgan fingerprint density at radius 2 is 1.86 bits per heavy atom. The van der Waals surface area contributed by atoms with Crippen molar-refractivity contribution in [1.82, 2.24) is 20.1 Å². The molecule has 1 aliphatic carbocycles. The van der Waals surface area contributed by atoms with E-state index in [0.717, 1.165) is 35.0 Å². The summed E-state index contributed by atoms with van der Waals surface area (Å²) >= 11 is 7.49. The van der Waals surface area contributed by atoms with E-state index < -0.39 is 5.41 Å². The van der Waals surface area contributed by atoms with Crippen LogP contribution < -0.4 is 10.1 Å². The number of carbonyl (C=O) groups excluding carboxylic acids is 1. The van der Waals surface area contributed by atoms with Crippen molar-refractivity contribution in [2.75, 3.05) is 13.4 Å². The molecule has 150 valence electrons. The quantitative estimate of drug-likeness (QED) is 0.576. The van der Waals surface area contributed by atoms with Crippen LogP contribution in [0.4, 0.5) is 0 Å². The van der Waals surface area contributed by atoms with Crippen molar-refractivity contribution in [3.63, 3.8) is 0 Å². The van der Waals surface area contributed by atoms with Gasteiger partial charge in [-0.1, -0.05) is 35.5 Å². The van der Waals surface area contributed by atoms with Crippen molar-refractivity contribution in [2.45, 2.75) is 30.0 Å². The molecule has 4 rings (SSSR count). The number of halogens is 1. The number of rotatable bonds is 7. The maximum absolute atomic E-state index is 13.0. The third kappa shape index (κ3) is 3.84. The van der Waals surface area contributed by atoms with Gasteiger partial charge in [-0.3, -0.25) is 9.36 Å². The first-order valence-corrected chi connectivity index (χ1v) is 10.8. The van der Waals surface area contributed by atoms with E-state index >= 15 is 0 Å². The van der Waals surface area contributed by atoms with E-state index in [1.54, 1.807) is 7.11 Å². The van der Waals surface area contributed by atoms with E-state index in [0.29, 0.717) is 17.4 Å². The molecule has 8 heteroatoms. The Balaban J connectivity index is 1.53. The van der Waals surface area contributed by atoms with Gasteiger partial charge in [-0.05, 0) is 61.1 Å². The maximum Gasteiger partial charge on any atom is 0.231 e. The van der Waals surface area contributed by atoms with Crippen LogP contribution in [-0.4, -0.2) is 34.0 Å². The topological polar surface area (TPSA) is 69.0 Å². The lowest BCUT2D eigenvalue weighted by molar-refractivity contribution is -0.123. The molecule has 0 atom stereocenters. The smallest absolute Gasteiger partial charge is 0.231 e. The van der Waals surface area contributed by atoms with Gasteiger partial charge in [0, 0.05) is 10.7 Å². The van der Waals surface area contributed by atoms with Crippen LogP contribution in [0.5, 0.6) is 5.75 Å². The first kappa shape index (κ1) is 19.8. The molecule has 1 heterocycles. The van der Waals surface area contributed by atoms with Gasteiger partial charge in [-0.25, -0.2) is 0 Å². The zero-order chi connectivity index (χ0) is 20.4. The highest BCUT2D eigenvalue weighted by Crippen LogP contribution is 2.48. The van der Waals surface area contributed by atoms with Gasteiger partial charge in [0.05, 0.1) is 19.1 Å². The molecule has 1 saturated carbocycles. The molecule has 2 aromatic carbocycles. The summed E-state index contributed by atoms with van der Waals surface area (Å²) in [6, 6.07) is 15.2. The van der Waals surface area contributed by atoms with E-state index in [9.17, 15) is 4.79 Å². The average molecular weight is 429 g/mol. The fourth-order valence-electron chi connectivity index (χ4n) is 3.41. The molecular formula is C21H21ClN4O2S. The van der Waals surface area contributed by atoms with Crippen molar-refractivity contribution >= 4 is 29.3 Å². The summed E-state index contributed by atoms with van der Waals surface area (Å²) in [5.41, 5.74) is 1.46. The Morgan fingerprint density at radius 1 is 1.17 bits per heavy atom. The third-order valence-electron chi connectivity index (χ3n) is 5.20. The van der Waals surface area contributed by atoms with E-state index in [-0.39, 0.29) is 5.91 Å². The van der Waals surface area contributed by atoms with E-state index in [1.807, 2.05) is 59.4 Å². The highest BCUT2D eigenvalue weighted by Gasteiger charge is 2.51. The number of hydrogen-bond donors (Lipinski definition) is 1. The minimum Gasteiger partial charge on any atom is -0.497 e. The highest BCUT2D eigenvalue weighted by molar-refractivity contribution is 7.98. The van der Waals surface area contributed by atoms with E-state index in [2.05, 4.69) is 15.5 Å². The van der Waals surface area contributed by atoms with Crippen LogP contribution >= 0.6 is 23.4 Å². The normalized spacial score (nSPS) is 14.4. The predicted molar refractivity (Wildman–Crippen MR) is 114 cm³/mol. The number of aromatic nitrogens is 3. The van der Waals surface area contributed by atoms with Crippen molar-refractivity contribution in [3.8, 4) is 11.4 Å². The molecular weight excluding hydrogens is 408 g/mol. The number of thioether (sulfide) groups is 1. The lowest BCUT2D eigenvalue weighted by atomic mass is 9.95. The molecule has 29 heavy (non-hydrogen) atoms. The molecule has 1 aromatic heterocycles. The summed E-state index contributed by atoms with van der Waals surface area (Å²) in [4.78, 5) is 13.0. The van der Waals surface area contributed by atoms with E-state index in [1.165, 1.54) is 11.8 Å². The van der Waals surface area contributed by atoms with Crippen LogP contribution in [0, 0.1) is 0 Å². The second-order valence-electron chi connectivity index (χ2n) is 6.91. The maximum atomic E-state index is 13.0. The monoisotopic (exact) mass is 428 g/mol. The predicted octanol–water partition coefficient (Wildman–Crippen LogP) is 4.00. The standard InChI is InChI=1S/C21H21ClN4O2S/c1-28-17-9-7-16(8-10-17)26-18(24-25-20(26)29-2)13-23-19(27)21(11-12-21)14-3-5-15(22)6-4-14/h3-10H,11-13H2,1-2H3,(H,23,27). The minimum atomic E-state index is -0.460. The van der Waals surface area contributed by atoms with Gasteiger partial charge in [0.1, 0.15) is 5.75 Å². The minimum absolute atomic E-state index is 0.00908. The largest absolute Gasteiger partial charge is 0.497 e. The molecule has 0 aliphatic heterocycles. The fraction of sp³-hybridized carbons (Fsp3) is 0.286. The number of ether oxygens (including phenoxy) is 1. The van der Waals surface area contributed by atoms with E-state index in [4.69, 9.17) is 16.3 Å².